The van der Waals surface area contributed by atoms with Gasteiger partial charge in [0.1, 0.15) is 0 Å². The van der Waals surface area contributed by atoms with Crippen molar-refractivity contribution in [3.8, 4) is 5.75 Å². The predicted octanol–water partition coefficient (Wildman–Crippen LogP) is 2.07. The van der Waals surface area contributed by atoms with Crippen LogP contribution in [0, 0.1) is 5.82 Å². The lowest BCUT2D eigenvalue weighted by atomic mass is 10.1. The van der Waals surface area contributed by atoms with Gasteiger partial charge in [-0.15, -0.1) is 0 Å². The Balaban J connectivity index is 1.37. The van der Waals surface area contributed by atoms with Crippen LogP contribution in [-0.4, -0.2) is 31.0 Å². The van der Waals surface area contributed by atoms with Gasteiger partial charge in [0.25, 0.3) is 11.8 Å². The molecule has 0 radical (unpaired) electrons. The zero-order valence-electron chi connectivity index (χ0n) is 13.6. The summed E-state index contributed by atoms with van der Waals surface area (Å²) >= 11 is 0. The summed E-state index contributed by atoms with van der Waals surface area (Å²) in [4.78, 5) is 24.0. The molecule has 0 saturated heterocycles. The highest BCUT2D eigenvalue weighted by Crippen LogP contribution is 2.31. The molecule has 1 heterocycles. The molecule has 2 aromatic carbocycles. The first kappa shape index (κ1) is 17.0. The summed E-state index contributed by atoms with van der Waals surface area (Å²) in [5, 5.41) is 5.55. The maximum atomic E-state index is 13.6. The molecule has 0 fully saturated rings. The largest absolute Gasteiger partial charge is 0.477 e. The molecule has 2 N–H and O–H groups in total. The van der Waals surface area contributed by atoms with Crippen LogP contribution >= 0.6 is 0 Å². The Labute approximate surface area is 145 Å². The smallest absolute Gasteiger partial charge is 0.261 e. The minimum atomic E-state index is -0.703. The van der Waals surface area contributed by atoms with Crippen LogP contribution in [0.5, 0.6) is 5.75 Å². The Hall–Kier alpha value is -2.89. The molecule has 1 aliphatic rings. The lowest BCUT2D eigenvalue weighted by Crippen LogP contribution is -2.38. The number of para-hydroxylation sites is 1. The Morgan fingerprint density at radius 2 is 1.80 bits per heavy atom. The summed E-state index contributed by atoms with van der Waals surface area (Å²) in [6, 6.07) is 13.6. The van der Waals surface area contributed by atoms with Gasteiger partial charge >= 0.3 is 0 Å². The second-order valence-electron chi connectivity index (χ2n) is 5.81. The van der Waals surface area contributed by atoms with Crippen LogP contribution in [0.2, 0.25) is 0 Å². The quantitative estimate of drug-likeness (QED) is 0.790. The molecule has 0 unspecified atom stereocenters. The fourth-order valence-electron chi connectivity index (χ4n) is 2.68. The van der Waals surface area contributed by atoms with E-state index in [0.29, 0.717) is 37.1 Å². The third kappa shape index (κ3) is 4.15. The van der Waals surface area contributed by atoms with Crippen LogP contribution in [0.1, 0.15) is 22.3 Å². The van der Waals surface area contributed by atoms with Gasteiger partial charge in [0.15, 0.2) is 17.7 Å². The van der Waals surface area contributed by atoms with E-state index in [1.54, 1.807) is 36.4 Å². The van der Waals surface area contributed by atoms with Gasteiger partial charge in [0.2, 0.25) is 0 Å². The number of benzene rings is 2. The molecule has 1 aliphatic heterocycles. The van der Waals surface area contributed by atoms with Gasteiger partial charge in [-0.05, 0) is 24.6 Å². The fourth-order valence-corrected chi connectivity index (χ4v) is 2.68. The molecule has 0 spiro atoms. The highest BCUT2D eigenvalue weighted by molar-refractivity contribution is 5.94. The molecule has 0 saturated carbocycles. The molecular weight excluding hydrogens is 323 g/mol. The number of ether oxygens (including phenoxy) is 1. The highest BCUT2D eigenvalue weighted by Gasteiger charge is 2.30. The summed E-state index contributed by atoms with van der Waals surface area (Å²) in [6.45, 7) is 0.862. The molecule has 130 valence electrons. The number of hydrogen-bond donors (Lipinski definition) is 2. The number of nitrogens with one attached hydrogen (secondary N) is 2. The summed E-state index contributed by atoms with van der Waals surface area (Å²) in [7, 11) is 0. The van der Waals surface area contributed by atoms with Crippen LogP contribution in [-0.2, 0) is 11.2 Å². The van der Waals surface area contributed by atoms with E-state index in [-0.39, 0.29) is 17.6 Å². The third-order valence-corrected chi connectivity index (χ3v) is 3.98. The molecule has 0 bridgehead atoms. The zero-order chi connectivity index (χ0) is 17.6. The van der Waals surface area contributed by atoms with Crippen molar-refractivity contribution in [1.29, 1.82) is 0 Å². The zero-order valence-corrected chi connectivity index (χ0v) is 13.6. The maximum Gasteiger partial charge on any atom is 0.261 e. The van der Waals surface area contributed by atoms with E-state index in [1.807, 2.05) is 6.07 Å². The molecule has 2 aromatic rings. The van der Waals surface area contributed by atoms with Crippen LogP contribution in [0.25, 0.3) is 0 Å². The molecule has 0 aromatic heterocycles. The molecule has 3 rings (SSSR count). The molecule has 1 atom stereocenters. The minimum Gasteiger partial charge on any atom is -0.477 e. The van der Waals surface area contributed by atoms with E-state index in [1.165, 1.54) is 6.07 Å². The van der Waals surface area contributed by atoms with Crippen molar-refractivity contribution in [2.24, 2.45) is 0 Å². The van der Waals surface area contributed by atoms with E-state index in [2.05, 4.69) is 10.6 Å². The molecule has 0 aliphatic carbocycles. The van der Waals surface area contributed by atoms with Crippen molar-refractivity contribution < 1.29 is 18.7 Å². The van der Waals surface area contributed by atoms with E-state index in [0.717, 1.165) is 0 Å². The minimum absolute atomic E-state index is 0.142. The van der Waals surface area contributed by atoms with Crippen LogP contribution in [0.3, 0.4) is 0 Å². The van der Waals surface area contributed by atoms with Gasteiger partial charge in [-0.1, -0.05) is 30.3 Å². The number of carbonyl (C=O) groups is 2. The van der Waals surface area contributed by atoms with Gasteiger partial charge in [-0.2, -0.15) is 0 Å². The van der Waals surface area contributed by atoms with Crippen molar-refractivity contribution in [2.75, 3.05) is 13.1 Å². The molecular formula is C19H19FN2O3. The third-order valence-electron chi connectivity index (χ3n) is 3.98. The number of carbonyl (C=O) groups excluding carboxylic acids is 2. The standard InChI is InChI=1S/C19H19FN2O3/c20-15-9-4-8-14-12-16(25-17(14)15)19(24)22-11-5-10-21-18(23)13-6-2-1-3-7-13/h1-4,6-9,16H,5,10-12H2,(H,21,23)(H,22,24)/t16-/m1/s1. The van der Waals surface area contributed by atoms with Crippen LogP contribution in [0.4, 0.5) is 4.39 Å². The molecule has 6 heteroatoms. The second kappa shape index (κ2) is 7.79. The second-order valence-corrected chi connectivity index (χ2v) is 5.81. The predicted molar refractivity (Wildman–Crippen MR) is 90.9 cm³/mol. The normalized spacial score (nSPS) is 15.2. The first-order valence-electron chi connectivity index (χ1n) is 8.20. The van der Waals surface area contributed by atoms with Gasteiger partial charge in [0, 0.05) is 30.6 Å². The summed E-state index contributed by atoms with van der Waals surface area (Å²) in [6.07, 6.45) is 0.257. The summed E-state index contributed by atoms with van der Waals surface area (Å²) in [5.41, 5.74) is 1.31. The highest BCUT2D eigenvalue weighted by atomic mass is 19.1. The van der Waals surface area contributed by atoms with Gasteiger partial charge in [-0.3, -0.25) is 9.59 Å². The van der Waals surface area contributed by atoms with E-state index in [4.69, 9.17) is 4.74 Å². The van der Waals surface area contributed by atoms with E-state index in [9.17, 15) is 14.0 Å². The topological polar surface area (TPSA) is 67.4 Å². The molecule has 25 heavy (non-hydrogen) atoms. The maximum absolute atomic E-state index is 13.6. The number of rotatable bonds is 6. The van der Waals surface area contributed by atoms with Crippen molar-refractivity contribution in [2.45, 2.75) is 18.9 Å². The van der Waals surface area contributed by atoms with Crippen molar-refractivity contribution >= 4 is 11.8 Å². The number of amides is 2. The number of fused-ring (bicyclic) bond motifs is 1. The van der Waals surface area contributed by atoms with Crippen LogP contribution in [0.15, 0.2) is 48.5 Å². The Morgan fingerprint density at radius 3 is 2.56 bits per heavy atom. The Kier molecular flexibility index (Phi) is 5.28. The SMILES string of the molecule is O=C(NCCCNC(=O)[C@H]1Cc2cccc(F)c2O1)c1ccccc1. The van der Waals surface area contributed by atoms with Gasteiger partial charge in [0.05, 0.1) is 0 Å². The number of hydrogen-bond acceptors (Lipinski definition) is 3. The average molecular weight is 342 g/mol. The van der Waals surface area contributed by atoms with Crippen molar-refractivity contribution in [1.82, 2.24) is 10.6 Å². The van der Waals surface area contributed by atoms with Crippen LogP contribution < -0.4 is 15.4 Å². The Bertz CT molecular complexity index is 765. The Morgan fingerprint density at radius 1 is 1.04 bits per heavy atom. The first-order chi connectivity index (χ1) is 12.1. The molecule has 2 amide bonds. The van der Waals surface area contributed by atoms with E-state index >= 15 is 0 Å². The first-order valence-corrected chi connectivity index (χ1v) is 8.20. The lowest BCUT2D eigenvalue weighted by Gasteiger charge is -2.11. The monoisotopic (exact) mass is 342 g/mol. The van der Waals surface area contributed by atoms with Crippen molar-refractivity contribution in [3.05, 3.63) is 65.5 Å². The summed E-state index contributed by atoms with van der Waals surface area (Å²) in [5.74, 6) is -0.698. The van der Waals surface area contributed by atoms with Gasteiger partial charge in [-0.25, -0.2) is 4.39 Å². The molecule has 5 nitrogen and oxygen atoms in total. The summed E-state index contributed by atoms with van der Waals surface area (Å²) < 4.78 is 19.0. The van der Waals surface area contributed by atoms with Crippen molar-refractivity contribution in [3.63, 3.8) is 0 Å². The lowest BCUT2D eigenvalue weighted by molar-refractivity contribution is -0.127. The number of halogens is 1. The van der Waals surface area contributed by atoms with Gasteiger partial charge < -0.3 is 15.4 Å². The fraction of sp³-hybridized carbons (Fsp3) is 0.263. The van der Waals surface area contributed by atoms with E-state index < -0.39 is 11.9 Å². The average Bonchev–Trinajstić information content (AvgIpc) is 3.08.